The van der Waals surface area contributed by atoms with E-state index in [2.05, 4.69) is 47.0 Å². The Morgan fingerprint density at radius 3 is 2.85 bits per heavy atom. The Morgan fingerprint density at radius 2 is 2.35 bits per heavy atom. The van der Waals surface area contributed by atoms with Gasteiger partial charge in [-0.15, -0.1) is 5.10 Å². The number of hydrogen-bond donors (Lipinski definition) is 2. The molecule has 2 aromatic heterocycles. The molecule has 0 spiro atoms. The molecule has 0 bridgehead atoms. The molecule has 6 nitrogen and oxygen atoms in total. The molecule has 0 atom stereocenters. The molecule has 0 amide bonds. The van der Waals surface area contributed by atoms with Gasteiger partial charge in [-0.1, -0.05) is 6.92 Å². The van der Waals surface area contributed by atoms with Gasteiger partial charge in [0.2, 0.25) is 5.16 Å². The molecule has 2 N–H and O–H groups in total. The lowest BCUT2D eigenvalue weighted by atomic mass is 10.4. The van der Waals surface area contributed by atoms with Gasteiger partial charge in [0.1, 0.15) is 16.5 Å². The second-order valence-corrected chi connectivity index (χ2v) is 6.19. The van der Waals surface area contributed by atoms with Crippen LogP contribution in [0.5, 0.6) is 0 Å². The minimum Gasteiger partial charge on any atom is -0.477 e. The summed E-state index contributed by atoms with van der Waals surface area (Å²) in [6.45, 7) is 1.93. The number of furan rings is 1. The monoisotopic (exact) mass is 421 g/mol. The van der Waals surface area contributed by atoms with Gasteiger partial charge in [-0.3, -0.25) is 5.10 Å². The van der Waals surface area contributed by atoms with Crippen molar-refractivity contribution in [2.75, 3.05) is 0 Å². The number of aliphatic carboxylic acids is 1. The Kier molecular flexibility index (Phi) is 5.06. The molecule has 0 radical (unpaired) electrons. The van der Waals surface area contributed by atoms with Crippen molar-refractivity contribution in [1.29, 1.82) is 0 Å². The SMILES string of the molecule is CCc1nc(S/C(=C\c2cc(Br)c(Br)o2)C(=O)O)n[nH]1. The maximum absolute atomic E-state index is 11.3. The van der Waals surface area contributed by atoms with Gasteiger partial charge in [0.25, 0.3) is 0 Å². The van der Waals surface area contributed by atoms with Gasteiger partial charge >= 0.3 is 5.97 Å². The molecule has 9 heteroatoms. The van der Waals surface area contributed by atoms with E-state index in [1.165, 1.54) is 6.08 Å². The Balaban J connectivity index is 2.24. The standard InChI is InChI=1S/C11H9Br2N3O3S/c1-2-8-14-11(16-15-8)20-7(10(17)18)4-5-3-6(12)9(13)19-5/h3-4H,2H2,1H3,(H,17,18)(H,14,15,16)/b7-4-. The summed E-state index contributed by atoms with van der Waals surface area (Å²) in [6, 6.07) is 1.67. The van der Waals surface area contributed by atoms with Crippen molar-refractivity contribution in [3.63, 3.8) is 0 Å². The van der Waals surface area contributed by atoms with E-state index >= 15 is 0 Å². The molecular weight excluding hydrogens is 414 g/mol. The maximum Gasteiger partial charge on any atom is 0.342 e. The highest BCUT2D eigenvalue weighted by atomic mass is 79.9. The molecule has 0 saturated carbocycles. The molecule has 0 fully saturated rings. The zero-order valence-electron chi connectivity index (χ0n) is 10.2. The predicted molar refractivity (Wildman–Crippen MR) is 81.3 cm³/mol. The van der Waals surface area contributed by atoms with Gasteiger partial charge in [-0.25, -0.2) is 9.78 Å². The maximum atomic E-state index is 11.3. The fourth-order valence-corrected chi connectivity index (χ4v) is 2.59. The van der Waals surface area contributed by atoms with Gasteiger partial charge in [-0.2, -0.15) is 0 Å². The number of nitrogens with zero attached hydrogens (tertiary/aromatic N) is 2. The summed E-state index contributed by atoms with van der Waals surface area (Å²) in [7, 11) is 0. The summed E-state index contributed by atoms with van der Waals surface area (Å²) in [5.41, 5.74) is 0. The van der Waals surface area contributed by atoms with E-state index in [1.807, 2.05) is 6.92 Å². The number of rotatable bonds is 5. The molecule has 0 aliphatic carbocycles. The van der Waals surface area contributed by atoms with Crippen molar-refractivity contribution in [2.45, 2.75) is 18.5 Å². The van der Waals surface area contributed by atoms with Crippen molar-refractivity contribution in [3.05, 3.63) is 31.7 Å². The predicted octanol–water partition coefficient (Wildman–Crippen LogP) is 3.70. The largest absolute Gasteiger partial charge is 0.477 e. The van der Waals surface area contributed by atoms with Gasteiger partial charge in [0.05, 0.1) is 4.47 Å². The number of H-pyrrole nitrogens is 1. The smallest absolute Gasteiger partial charge is 0.342 e. The van der Waals surface area contributed by atoms with Crippen molar-refractivity contribution in [3.8, 4) is 0 Å². The fourth-order valence-electron chi connectivity index (χ4n) is 1.28. The first-order valence-corrected chi connectivity index (χ1v) is 7.88. The molecule has 2 rings (SSSR count). The number of aryl methyl sites for hydroxylation is 1. The Hall–Kier alpha value is -1.06. The number of carboxylic acid groups (broad SMARTS) is 1. The summed E-state index contributed by atoms with van der Waals surface area (Å²) >= 11 is 7.42. The van der Waals surface area contributed by atoms with Crippen LogP contribution in [-0.4, -0.2) is 26.3 Å². The number of thioether (sulfide) groups is 1. The molecule has 0 saturated heterocycles. The van der Waals surface area contributed by atoms with Crippen LogP contribution in [0.1, 0.15) is 18.5 Å². The minimum absolute atomic E-state index is 0.0698. The third-order valence-electron chi connectivity index (χ3n) is 2.20. The van der Waals surface area contributed by atoms with Gasteiger partial charge in [-0.05, 0) is 49.7 Å². The highest BCUT2D eigenvalue weighted by Crippen LogP contribution is 2.31. The van der Waals surface area contributed by atoms with Gasteiger partial charge < -0.3 is 9.52 Å². The van der Waals surface area contributed by atoms with Crippen LogP contribution in [0.3, 0.4) is 0 Å². The molecule has 20 heavy (non-hydrogen) atoms. The van der Waals surface area contributed by atoms with Gasteiger partial charge in [0.15, 0.2) is 4.67 Å². The van der Waals surface area contributed by atoms with Crippen LogP contribution in [0.25, 0.3) is 6.08 Å². The minimum atomic E-state index is -1.07. The molecular formula is C11H9Br2N3O3S. The van der Waals surface area contributed by atoms with Crippen molar-refractivity contribution in [2.24, 2.45) is 0 Å². The quantitative estimate of drug-likeness (QED) is 0.563. The van der Waals surface area contributed by atoms with Crippen molar-refractivity contribution >= 4 is 55.7 Å². The highest BCUT2D eigenvalue weighted by Gasteiger charge is 2.15. The number of halogens is 2. The third-order valence-corrected chi connectivity index (χ3v) is 4.78. The van der Waals surface area contributed by atoms with Crippen LogP contribution in [0, 0.1) is 0 Å². The molecule has 0 aliphatic heterocycles. The zero-order chi connectivity index (χ0) is 14.7. The lowest BCUT2D eigenvalue weighted by molar-refractivity contribution is -0.131. The first-order valence-electron chi connectivity index (χ1n) is 5.48. The summed E-state index contributed by atoms with van der Waals surface area (Å²) in [6.07, 6.45) is 2.13. The summed E-state index contributed by atoms with van der Waals surface area (Å²) in [5, 5.41) is 16.3. The van der Waals surface area contributed by atoms with Crippen LogP contribution in [0.15, 0.2) is 29.7 Å². The lowest BCUT2D eigenvalue weighted by Gasteiger charge is -1.96. The van der Waals surface area contributed by atoms with E-state index in [9.17, 15) is 9.90 Å². The Labute approximate surface area is 135 Å². The van der Waals surface area contributed by atoms with Crippen LogP contribution in [-0.2, 0) is 11.2 Å². The average Bonchev–Trinajstić information content (AvgIpc) is 2.96. The second kappa shape index (κ2) is 6.59. The first-order chi connectivity index (χ1) is 9.49. The van der Waals surface area contributed by atoms with E-state index in [0.717, 1.165) is 11.8 Å². The van der Waals surface area contributed by atoms with E-state index in [-0.39, 0.29) is 4.91 Å². The van der Waals surface area contributed by atoms with Crippen LogP contribution >= 0.6 is 43.6 Å². The van der Waals surface area contributed by atoms with E-state index in [0.29, 0.717) is 32.3 Å². The molecule has 0 aliphatic rings. The van der Waals surface area contributed by atoms with Crippen LogP contribution in [0.2, 0.25) is 0 Å². The Bertz CT molecular complexity index is 646. The number of carbonyl (C=O) groups is 1. The third kappa shape index (κ3) is 3.74. The summed E-state index contributed by atoms with van der Waals surface area (Å²) in [5.74, 6) is 0.0575. The van der Waals surface area contributed by atoms with Crippen LogP contribution in [0.4, 0.5) is 0 Å². The second-order valence-electron chi connectivity index (χ2n) is 3.60. The normalized spacial score (nSPS) is 11.8. The number of aromatic amines is 1. The number of nitrogens with one attached hydrogen (secondary N) is 1. The zero-order valence-corrected chi connectivity index (χ0v) is 14.2. The highest BCUT2D eigenvalue weighted by molar-refractivity contribution is 9.13. The molecule has 0 unspecified atom stereocenters. The summed E-state index contributed by atoms with van der Waals surface area (Å²) in [4.78, 5) is 15.5. The lowest BCUT2D eigenvalue weighted by Crippen LogP contribution is -1.97. The first kappa shape index (κ1) is 15.3. The number of hydrogen-bond acceptors (Lipinski definition) is 5. The molecule has 2 aromatic rings. The number of aromatic nitrogens is 3. The van der Waals surface area contributed by atoms with E-state index in [4.69, 9.17) is 4.42 Å². The van der Waals surface area contributed by atoms with Crippen LogP contribution < -0.4 is 0 Å². The topological polar surface area (TPSA) is 92.0 Å². The average molecular weight is 423 g/mol. The molecule has 2 heterocycles. The van der Waals surface area contributed by atoms with Crippen molar-refractivity contribution < 1.29 is 14.3 Å². The van der Waals surface area contributed by atoms with E-state index < -0.39 is 5.97 Å². The summed E-state index contributed by atoms with van der Waals surface area (Å²) < 4.78 is 6.54. The van der Waals surface area contributed by atoms with E-state index in [1.54, 1.807) is 6.07 Å². The van der Waals surface area contributed by atoms with Gasteiger partial charge in [0, 0.05) is 12.5 Å². The molecule has 106 valence electrons. The Morgan fingerprint density at radius 1 is 1.60 bits per heavy atom. The molecule has 0 aromatic carbocycles. The number of carboxylic acids is 1. The fraction of sp³-hybridized carbons (Fsp3) is 0.182. The van der Waals surface area contributed by atoms with Crippen molar-refractivity contribution in [1.82, 2.24) is 15.2 Å².